The number of nitrogens with one attached hydrogen (secondary N) is 1. The first-order valence-electron chi connectivity index (χ1n) is 9.03. The van der Waals surface area contributed by atoms with Crippen LogP contribution in [0.1, 0.15) is 24.9 Å². The van der Waals surface area contributed by atoms with E-state index in [-0.39, 0.29) is 0 Å². The molecule has 0 saturated carbocycles. The van der Waals surface area contributed by atoms with Crippen molar-refractivity contribution in [3.63, 3.8) is 0 Å². The Morgan fingerprint density at radius 1 is 1.29 bits per heavy atom. The Morgan fingerprint density at radius 3 is 2.71 bits per heavy atom. The third-order valence-corrected chi connectivity index (χ3v) is 6.62. The molecule has 0 unspecified atom stereocenters. The number of hydrogen-bond donors (Lipinski definition) is 1. The van der Waals surface area contributed by atoms with Crippen molar-refractivity contribution < 1.29 is 4.74 Å². The lowest BCUT2D eigenvalue weighted by Gasteiger charge is -2.43. The smallest absolute Gasteiger partial charge is 0.0594 e. The first-order valence-corrected chi connectivity index (χ1v) is 10.2. The number of morpholine rings is 1. The zero-order valence-corrected chi connectivity index (χ0v) is 16.1. The van der Waals surface area contributed by atoms with Gasteiger partial charge in [-0.15, -0.1) is 0 Å². The zero-order chi connectivity index (χ0) is 17.0. The van der Waals surface area contributed by atoms with E-state index < -0.39 is 0 Å². The number of ether oxygens (including phenoxy) is 1. The number of rotatable bonds is 6. The molecule has 1 N–H and O–H groups in total. The average molecular weight is 350 g/mol. The molecule has 0 spiro atoms. The maximum absolute atomic E-state index is 5.57. The van der Waals surface area contributed by atoms with Crippen LogP contribution in [0, 0.1) is 0 Å². The van der Waals surface area contributed by atoms with E-state index in [1.165, 1.54) is 29.2 Å². The van der Waals surface area contributed by atoms with Crippen molar-refractivity contribution in [2.75, 3.05) is 63.3 Å². The predicted molar refractivity (Wildman–Crippen MR) is 104 cm³/mol. The number of benzene rings is 1. The summed E-state index contributed by atoms with van der Waals surface area (Å²) in [5.41, 5.74) is 2.99. The van der Waals surface area contributed by atoms with Gasteiger partial charge in [0.05, 0.1) is 13.2 Å². The minimum absolute atomic E-state index is 0.301. The molecule has 24 heavy (non-hydrogen) atoms. The quantitative estimate of drug-likeness (QED) is 0.852. The van der Waals surface area contributed by atoms with Crippen molar-refractivity contribution >= 4 is 17.4 Å². The van der Waals surface area contributed by atoms with Gasteiger partial charge in [0.25, 0.3) is 0 Å². The van der Waals surface area contributed by atoms with Crippen LogP contribution in [0.2, 0.25) is 0 Å². The fourth-order valence-electron chi connectivity index (χ4n) is 3.85. The van der Waals surface area contributed by atoms with Gasteiger partial charge in [-0.1, -0.05) is 18.2 Å². The second-order valence-corrected chi connectivity index (χ2v) is 8.29. The Labute approximate surface area is 150 Å². The second-order valence-electron chi connectivity index (χ2n) is 7.18. The van der Waals surface area contributed by atoms with Crippen molar-refractivity contribution in [2.24, 2.45) is 0 Å². The van der Waals surface area contributed by atoms with Gasteiger partial charge in [0.2, 0.25) is 0 Å². The molecule has 2 aliphatic rings. The Morgan fingerprint density at radius 2 is 2.04 bits per heavy atom. The van der Waals surface area contributed by atoms with E-state index in [9.17, 15) is 0 Å². The van der Waals surface area contributed by atoms with Crippen LogP contribution in [0.4, 0.5) is 5.69 Å². The fourth-order valence-corrected chi connectivity index (χ4v) is 5.33. The van der Waals surface area contributed by atoms with Crippen molar-refractivity contribution in [1.29, 1.82) is 0 Å². The Kier molecular flexibility index (Phi) is 6.08. The summed E-state index contributed by atoms with van der Waals surface area (Å²) in [6.07, 6.45) is 1.28. The normalized spacial score (nSPS) is 26.5. The number of nitrogens with zero attached hydrogens (tertiary/aromatic N) is 2. The first-order chi connectivity index (χ1) is 11.6. The summed E-state index contributed by atoms with van der Waals surface area (Å²) < 4.78 is 5.57. The van der Waals surface area contributed by atoms with Crippen molar-refractivity contribution in [3.8, 4) is 0 Å². The molecule has 0 bridgehead atoms. The van der Waals surface area contributed by atoms with Crippen LogP contribution >= 0.6 is 11.8 Å². The van der Waals surface area contributed by atoms with Crippen LogP contribution in [0.5, 0.6) is 0 Å². The van der Waals surface area contributed by atoms with Gasteiger partial charge in [0.1, 0.15) is 0 Å². The van der Waals surface area contributed by atoms with Gasteiger partial charge < -0.3 is 15.0 Å². The molecule has 2 aliphatic heterocycles. The SMILES string of the molecule is C[C@H](NC[C@]1(N2CCOCC2)CCSC1)c1ccccc1N(C)C. The minimum Gasteiger partial charge on any atom is -0.379 e. The molecule has 2 saturated heterocycles. The highest BCUT2D eigenvalue weighted by Gasteiger charge is 2.40. The lowest BCUT2D eigenvalue weighted by Crippen LogP contribution is -2.58. The highest BCUT2D eigenvalue weighted by Crippen LogP contribution is 2.34. The highest BCUT2D eigenvalue weighted by atomic mass is 32.2. The Balaban J connectivity index is 1.68. The molecule has 134 valence electrons. The highest BCUT2D eigenvalue weighted by molar-refractivity contribution is 7.99. The van der Waals surface area contributed by atoms with Crippen LogP contribution in [0.3, 0.4) is 0 Å². The number of thioether (sulfide) groups is 1. The van der Waals surface area contributed by atoms with Gasteiger partial charge in [0.15, 0.2) is 0 Å². The van der Waals surface area contributed by atoms with E-state index in [1.54, 1.807) is 0 Å². The summed E-state index contributed by atoms with van der Waals surface area (Å²) in [4.78, 5) is 4.88. The first kappa shape index (κ1) is 18.1. The van der Waals surface area contributed by atoms with E-state index in [4.69, 9.17) is 4.74 Å². The molecule has 2 fully saturated rings. The average Bonchev–Trinajstić information content (AvgIpc) is 3.10. The topological polar surface area (TPSA) is 27.7 Å². The molecule has 3 rings (SSSR count). The molecule has 1 aromatic rings. The van der Waals surface area contributed by atoms with Crippen molar-refractivity contribution in [3.05, 3.63) is 29.8 Å². The molecular weight excluding hydrogens is 318 g/mol. The Bertz CT molecular complexity index is 525. The lowest BCUT2D eigenvalue weighted by atomic mass is 9.94. The van der Waals surface area contributed by atoms with E-state index in [1.807, 2.05) is 0 Å². The van der Waals surface area contributed by atoms with Crippen LogP contribution in [0.15, 0.2) is 24.3 Å². The van der Waals surface area contributed by atoms with Gasteiger partial charge in [0, 0.05) is 56.8 Å². The largest absolute Gasteiger partial charge is 0.379 e. The number of hydrogen-bond acceptors (Lipinski definition) is 5. The van der Waals surface area contributed by atoms with Crippen LogP contribution in [0.25, 0.3) is 0 Å². The van der Waals surface area contributed by atoms with Crippen molar-refractivity contribution in [2.45, 2.75) is 24.9 Å². The monoisotopic (exact) mass is 349 g/mol. The predicted octanol–water partition coefficient (Wildman–Crippen LogP) is 2.61. The summed E-state index contributed by atoms with van der Waals surface area (Å²) in [6.45, 7) is 7.26. The van der Waals surface area contributed by atoms with Crippen LogP contribution in [-0.2, 0) is 4.74 Å². The standard InChI is InChI=1S/C19H31N3OS/c1-16(17-6-4-5-7-18(17)21(2)3)20-14-19(8-13-24-15-19)22-9-11-23-12-10-22/h4-7,16,20H,8-15H2,1-3H3/t16-,19+/m0/s1. The molecule has 2 heterocycles. The molecule has 1 aromatic carbocycles. The summed E-state index contributed by atoms with van der Waals surface area (Å²) in [5, 5.41) is 3.85. The third-order valence-electron chi connectivity index (χ3n) is 5.39. The molecule has 0 aromatic heterocycles. The van der Waals surface area contributed by atoms with Crippen LogP contribution < -0.4 is 10.2 Å². The molecule has 2 atom stereocenters. The molecule has 0 amide bonds. The second kappa shape index (κ2) is 8.09. The van der Waals surface area contributed by atoms with E-state index in [2.05, 4.69) is 72.2 Å². The van der Waals surface area contributed by atoms with Gasteiger partial charge in [-0.25, -0.2) is 0 Å². The van der Waals surface area contributed by atoms with Gasteiger partial charge >= 0.3 is 0 Å². The molecule has 0 radical (unpaired) electrons. The zero-order valence-electron chi connectivity index (χ0n) is 15.3. The maximum atomic E-state index is 5.57. The summed E-state index contributed by atoms with van der Waals surface area (Å²) in [6, 6.07) is 9.07. The van der Waals surface area contributed by atoms with Crippen LogP contribution in [-0.4, -0.2) is 68.9 Å². The van der Waals surface area contributed by atoms with Gasteiger partial charge in [-0.2, -0.15) is 11.8 Å². The van der Waals surface area contributed by atoms with Gasteiger partial charge in [-0.3, -0.25) is 4.90 Å². The summed E-state index contributed by atoms with van der Waals surface area (Å²) >= 11 is 2.10. The molecular formula is C19H31N3OS. The van der Waals surface area contributed by atoms with E-state index in [0.29, 0.717) is 11.6 Å². The third kappa shape index (κ3) is 3.90. The minimum atomic E-state index is 0.301. The molecule has 5 heteroatoms. The fraction of sp³-hybridized carbons (Fsp3) is 0.684. The summed E-state index contributed by atoms with van der Waals surface area (Å²) in [5.74, 6) is 2.52. The van der Waals surface area contributed by atoms with Crippen molar-refractivity contribution in [1.82, 2.24) is 10.2 Å². The lowest BCUT2D eigenvalue weighted by molar-refractivity contribution is -0.0139. The molecule has 0 aliphatic carbocycles. The molecule has 4 nitrogen and oxygen atoms in total. The number of anilines is 1. The van der Waals surface area contributed by atoms with E-state index in [0.717, 1.165) is 32.8 Å². The van der Waals surface area contributed by atoms with Gasteiger partial charge in [-0.05, 0) is 30.7 Å². The number of para-hydroxylation sites is 1. The van der Waals surface area contributed by atoms with E-state index >= 15 is 0 Å². The maximum Gasteiger partial charge on any atom is 0.0594 e. The summed E-state index contributed by atoms with van der Waals surface area (Å²) in [7, 11) is 4.24. The Hall–Kier alpha value is -0.750.